The van der Waals surface area contributed by atoms with E-state index in [0.29, 0.717) is 22.5 Å². The third-order valence-electron chi connectivity index (χ3n) is 0.354. The van der Waals surface area contributed by atoms with Gasteiger partial charge in [0.2, 0.25) is 0 Å². The average molecular weight is 175 g/mol. The van der Waals surface area contributed by atoms with Crippen LogP contribution in [0.1, 0.15) is 13.3 Å². The predicted molar refractivity (Wildman–Crippen MR) is 28.0 cm³/mol. The summed E-state index contributed by atoms with van der Waals surface area (Å²) in [6, 6.07) is 0. The van der Waals surface area contributed by atoms with Crippen molar-refractivity contribution in [2.75, 3.05) is 0 Å². The van der Waals surface area contributed by atoms with Crippen LogP contribution in [0.5, 0.6) is 0 Å². The molecule has 0 N–H and O–H groups in total. The molecule has 0 fully saturated rings. The molecule has 0 spiro atoms. The molecule has 0 heterocycles. The van der Waals surface area contributed by atoms with Crippen LogP contribution in [0.15, 0.2) is 0 Å². The van der Waals surface area contributed by atoms with Crippen molar-refractivity contribution in [3.63, 3.8) is 0 Å². The van der Waals surface area contributed by atoms with Crippen molar-refractivity contribution < 1.29 is 0 Å². The van der Waals surface area contributed by atoms with Crippen LogP contribution in [0.4, 0.5) is 0 Å². The first-order valence-electron chi connectivity index (χ1n) is 1.81. The SMILES string of the molecule is CCC#[C][SnH3]. The molecule has 0 nitrogen and oxygen atoms in total. The standard InChI is InChI=1S/C4H5.Sn.3H/c1-3-4-2;;;;/h3H2,1H3;;;;. The van der Waals surface area contributed by atoms with Crippen molar-refractivity contribution in [3.8, 4) is 9.86 Å². The molecule has 0 aromatic heterocycles. The topological polar surface area (TPSA) is 0 Å². The molecule has 0 aromatic carbocycles. The summed E-state index contributed by atoms with van der Waals surface area (Å²) in [4.78, 5) is 0. The number of hydrogen-bond acceptors (Lipinski definition) is 0. The Bertz CT molecular complexity index is 55.8. The Morgan fingerprint density at radius 3 is 2.40 bits per heavy atom. The molecule has 28 valence electrons. The van der Waals surface area contributed by atoms with Crippen LogP contribution in [0.3, 0.4) is 0 Å². The Morgan fingerprint density at radius 2 is 2.40 bits per heavy atom. The van der Waals surface area contributed by atoms with Gasteiger partial charge in [0.05, 0.1) is 0 Å². The summed E-state index contributed by atoms with van der Waals surface area (Å²) in [6.07, 6.45) is 1.04. The van der Waals surface area contributed by atoms with Crippen LogP contribution in [0, 0.1) is 9.86 Å². The van der Waals surface area contributed by atoms with Crippen LogP contribution in [-0.4, -0.2) is 22.5 Å². The van der Waals surface area contributed by atoms with E-state index in [4.69, 9.17) is 0 Å². The summed E-state index contributed by atoms with van der Waals surface area (Å²) in [6.45, 7) is 2.07. The number of rotatable bonds is 0. The first-order chi connectivity index (χ1) is 2.41. The fourth-order valence-electron chi connectivity index (χ4n) is 0.177. The second-order valence-corrected chi connectivity index (χ2v) is 2.21. The van der Waals surface area contributed by atoms with Gasteiger partial charge >= 0.3 is 45.7 Å². The Kier molecular flexibility index (Phi) is 4.67. The average Bonchev–Trinajstić information content (AvgIpc) is 1.41. The molecular weight excluding hydrogens is 167 g/mol. The second kappa shape index (κ2) is 4.36. The van der Waals surface area contributed by atoms with Gasteiger partial charge < -0.3 is 0 Å². The van der Waals surface area contributed by atoms with E-state index < -0.39 is 0 Å². The van der Waals surface area contributed by atoms with Gasteiger partial charge in [-0.2, -0.15) is 0 Å². The van der Waals surface area contributed by atoms with Crippen molar-refractivity contribution in [2.24, 2.45) is 0 Å². The molecule has 0 radical (unpaired) electrons. The summed E-state index contributed by atoms with van der Waals surface area (Å²) in [5.41, 5.74) is 0. The molecule has 0 aliphatic carbocycles. The van der Waals surface area contributed by atoms with Crippen molar-refractivity contribution >= 4 is 22.5 Å². The molecular formula is C4H8Sn. The summed E-state index contributed by atoms with van der Waals surface area (Å²) in [7, 11) is 0. The van der Waals surface area contributed by atoms with Gasteiger partial charge in [-0.05, 0) is 0 Å². The van der Waals surface area contributed by atoms with Crippen LogP contribution < -0.4 is 0 Å². The molecule has 0 atom stereocenters. The van der Waals surface area contributed by atoms with Crippen molar-refractivity contribution in [3.05, 3.63) is 0 Å². The zero-order valence-electron chi connectivity index (χ0n) is 3.71. The summed E-state index contributed by atoms with van der Waals surface area (Å²) in [5.74, 6) is 2.95. The fourth-order valence-corrected chi connectivity index (χ4v) is 1.19. The normalized spacial score (nSPS) is 5.80. The summed E-state index contributed by atoms with van der Waals surface area (Å²) in [5, 5.41) is 0. The molecule has 0 aromatic rings. The molecule has 0 amide bonds. The maximum atomic E-state index is 2.98. The zero-order valence-corrected chi connectivity index (χ0v) is 9.42. The molecule has 0 saturated heterocycles. The fraction of sp³-hybridized carbons (Fsp3) is 0.500. The third-order valence-corrected chi connectivity index (χ3v) is 1.36. The van der Waals surface area contributed by atoms with E-state index in [0.717, 1.165) is 6.42 Å². The monoisotopic (exact) mass is 176 g/mol. The Morgan fingerprint density at radius 1 is 1.80 bits per heavy atom. The first kappa shape index (κ1) is 5.36. The molecule has 0 aliphatic rings. The number of hydrogen-bond donors (Lipinski definition) is 0. The van der Waals surface area contributed by atoms with Gasteiger partial charge in [-0.15, -0.1) is 0 Å². The van der Waals surface area contributed by atoms with E-state index >= 15 is 0 Å². The van der Waals surface area contributed by atoms with Gasteiger partial charge in [0.1, 0.15) is 0 Å². The van der Waals surface area contributed by atoms with E-state index in [2.05, 4.69) is 16.8 Å². The van der Waals surface area contributed by atoms with Gasteiger partial charge in [-0.25, -0.2) is 0 Å². The predicted octanol–water partition coefficient (Wildman–Crippen LogP) is -0.277. The molecule has 0 rings (SSSR count). The van der Waals surface area contributed by atoms with Crippen LogP contribution in [-0.2, 0) is 0 Å². The van der Waals surface area contributed by atoms with Gasteiger partial charge in [-0.1, -0.05) is 0 Å². The zero-order chi connectivity index (χ0) is 4.12. The minimum absolute atomic E-state index is 0.621. The minimum atomic E-state index is 0.621. The molecule has 5 heavy (non-hydrogen) atoms. The van der Waals surface area contributed by atoms with E-state index in [1.54, 1.807) is 0 Å². The van der Waals surface area contributed by atoms with Crippen molar-refractivity contribution in [1.29, 1.82) is 0 Å². The second-order valence-electron chi connectivity index (χ2n) is 0.780. The van der Waals surface area contributed by atoms with E-state index in [-0.39, 0.29) is 0 Å². The quantitative estimate of drug-likeness (QED) is 0.350. The van der Waals surface area contributed by atoms with Crippen LogP contribution in [0.25, 0.3) is 0 Å². The molecule has 1 heteroatoms. The summed E-state index contributed by atoms with van der Waals surface area (Å²) >= 11 is 0.621. The first-order valence-corrected chi connectivity index (χ1v) is 4.66. The van der Waals surface area contributed by atoms with Crippen LogP contribution in [0.2, 0.25) is 0 Å². The van der Waals surface area contributed by atoms with Gasteiger partial charge in [0.15, 0.2) is 0 Å². The molecule has 0 aliphatic heterocycles. The van der Waals surface area contributed by atoms with Crippen molar-refractivity contribution in [2.45, 2.75) is 13.3 Å². The Hall–Kier alpha value is 0.359. The van der Waals surface area contributed by atoms with Gasteiger partial charge in [0, 0.05) is 0 Å². The molecule has 0 bridgehead atoms. The van der Waals surface area contributed by atoms with Gasteiger partial charge in [-0.3, -0.25) is 0 Å². The van der Waals surface area contributed by atoms with E-state index in [1.807, 2.05) is 0 Å². The summed E-state index contributed by atoms with van der Waals surface area (Å²) < 4.78 is 2.98. The van der Waals surface area contributed by atoms with Crippen LogP contribution >= 0.6 is 0 Å². The Labute approximate surface area is 46.0 Å². The molecule has 0 unspecified atom stereocenters. The third kappa shape index (κ3) is 4.36. The van der Waals surface area contributed by atoms with Gasteiger partial charge in [0.25, 0.3) is 0 Å². The van der Waals surface area contributed by atoms with E-state index in [1.165, 1.54) is 0 Å². The Balaban J connectivity index is 2.81. The van der Waals surface area contributed by atoms with E-state index in [9.17, 15) is 0 Å². The maximum absolute atomic E-state index is 2.98. The van der Waals surface area contributed by atoms with Crippen molar-refractivity contribution in [1.82, 2.24) is 0 Å². The molecule has 0 saturated carbocycles.